The number of carbonyl (C=O) groups excluding carboxylic acids is 4. The standard InChI is InChI=1S/C30H45NO8/c1-5-29(35)39-27-19-30(36)38-22(3)13-15-31(28(34)12-11-23-9-7-6-8-10-23)20-25(33)21(2)17-24(14-16-32)18-26(27)37-4/h6-10,16,21-22,24-27,33H,5,11-15,17-20H2,1-4H3. The van der Waals surface area contributed by atoms with Crippen LogP contribution in [-0.2, 0) is 39.8 Å². The van der Waals surface area contributed by atoms with Gasteiger partial charge in [0.25, 0.3) is 0 Å². The number of aldehydes is 1. The molecule has 6 atom stereocenters. The Balaban J connectivity index is 2.25. The van der Waals surface area contributed by atoms with Crippen LogP contribution in [0.15, 0.2) is 30.3 Å². The zero-order valence-corrected chi connectivity index (χ0v) is 23.8. The SMILES string of the molecule is CCC(=O)OC1CC(=O)OC(C)CCN(C(=O)CCc2ccccc2)CC(O)C(C)CC(CC=O)CC1OC. The summed E-state index contributed by atoms with van der Waals surface area (Å²) in [5, 5.41) is 11.1. The maximum absolute atomic E-state index is 13.2. The first-order valence-corrected chi connectivity index (χ1v) is 14.0. The van der Waals surface area contributed by atoms with E-state index in [9.17, 15) is 24.3 Å². The Labute approximate surface area is 232 Å². The van der Waals surface area contributed by atoms with Gasteiger partial charge in [-0.2, -0.15) is 0 Å². The molecule has 1 aromatic rings. The summed E-state index contributed by atoms with van der Waals surface area (Å²) in [6.45, 7) is 5.79. The Morgan fingerprint density at radius 3 is 2.51 bits per heavy atom. The largest absolute Gasteiger partial charge is 0.462 e. The molecule has 0 radical (unpaired) electrons. The van der Waals surface area contributed by atoms with Crippen LogP contribution in [0.5, 0.6) is 0 Å². The van der Waals surface area contributed by atoms with E-state index in [4.69, 9.17) is 14.2 Å². The second-order valence-electron chi connectivity index (χ2n) is 10.6. The van der Waals surface area contributed by atoms with E-state index in [1.54, 1.807) is 18.7 Å². The fourth-order valence-electron chi connectivity index (χ4n) is 4.95. The highest BCUT2D eigenvalue weighted by Crippen LogP contribution is 2.27. The van der Waals surface area contributed by atoms with Crippen LogP contribution >= 0.6 is 0 Å². The van der Waals surface area contributed by atoms with Gasteiger partial charge in [0.2, 0.25) is 5.91 Å². The average Bonchev–Trinajstić information content (AvgIpc) is 2.92. The van der Waals surface area contributed by atoms with Gasteiger partial charge in [0, 0.05) is 45.9 Å². The molecular formula is C30H45NO8. The minimum absolute atomic E-state index is 0.0802. The molecule has 1 fully saturated rings. The van der Waals surface area contributed by atoms with Gasteiger partial charge < -0.3 is 29.0 Å². The minimum atomic E-state index is -0.863. The number of cyclic esters (lactones) is 1. The van der Waals surface area contributed by atoms with Crippen LogP contribution in [0.2, 0.25) is 0 Å². The molecule has 0 spiro atoms. The third-order valence-corrected chi connectivity index (χ3v) is 7.38. The van der Waals surface area contributed by atoms with Crippen molar-refractivity contribution in [3.05, 3.63) is 35.9 Å². The number of carbonyl (C=O) groups is 4. The van der Waals surface area contributed by atoms with E-state index in [1.165, 1.54) is 7.11 Å². The highest BCUT2D eigenvalue weighted by molar-refractivity contribution is 5.76. The zero-order valence-electron chi connectivity index (χ0n) is 23.8. The summed E-state index contributed by atoms with van der Waals surface area (Å²) in [4.78, 5) is 51.3. The van der Waals surface area contributed by atoms with E-state index < -0.39 is 36.4 Å². The third kappa shape index (κ3) is 11.5. The first kappa shape index (κ1) is 32.4. The third-order valence-electron chi connectivity index (χ3n) is 7.38. The topological polar surface area (TPSA) is 119 Å². The molecule has 1 amide bonds. The quantitative estimate of drug-likeness (QED) is 0.388. The van der Waals surface area contributed by atoms with E-state index in [-0.39, 0.29) is 43.6 Å². The van der Waals surface area contributed by atoms with E-state index in [1.807, 2.05) is 37.3 Å². The van der Waals surface area contributed by atoms with Crippen LogP contribution < -0.4 is 0 Å². The minimum Gasteiger partial charge on any atom is -0.462 e. The molecule has 1 aliphatic heterocycles. The Bertz CT molecular complexity index is 907. The fraction of sp³-hybridized carbons (Fsp3) is 0.667. The van der Waals surface area contributed by atoms with Gasteiger partial charge in [-0.3, -0.25) is 14.4 Å². The molecule has 2 rings (SSSR count). The summed E-state index contributed by atoms with van der Waals surface area (Å²) < 4.78 is 16.8. The van der Waals surface area contributed by atoms with Gasteiger partial charge in [0.1, 0.15) is 18.5 Å². The molecule has 9 nitrogen and oxygen atoms in total. The molecular weight excluding hydrogens is 502 g/mol. The number of esters is 2. The van der Waals surface area contributed by atoms with Crippen LogP contribution in [-0.4, -0.2) is 78.8 Å². The van der Waals surface area contributed by atoms with Crippen molar-refractivity contribution in [1.82, 2.24) is 4.90 Å². The van der Waals surface area contributed by atoms with Crippen LogP contribution in [0.3, 0.4) is 0 Å². The van der Waals surface area contributed by atoms with Crippen molar-refractivity contribution in [3.63, 3.8) is 0 Å². The highest BCUT2D eigenvalue weighted by Gasteiger charge is 2.33. The predicted octanol–water partition coefficient (Wildman–Crippen LogP) is 3.49. The lowest BCUT2D eigenvalue weighted by Gasteiger charge is -2.31. The lowest BCUT2D eigenvalue weighted by Crippen LogP contribution is -2.41. The van der Waals surface area contributed by atoms with Crippen molar-refractivity contribution in [3.8, 4) is 0 Å². The molecule has 0 aliphatic carbocycles. The predicted molar refractivity (Wildman–Crippen MR) is 146 cm³/mol. The van der Waals surface area contributed by atoms with Crippen molar-refractivity contribution in [2.45, 2.75) is 96.6 Å². The molecule has 1 N–H and O–H groups in total. The number of hydrogen-bond donors (Lipinski definition) is 1. The number of hydrogen-bond acceptors (Lipinski definition) is 8. The monoisotopic (exact) mass is 547 g/mol. The second kappa shape index (κ2) is 17.0. The number of amides is 1. The van der Waals surface area contributed by atoms with Gasteiger partial charge in [-0.05, 0) is 43.6 Å². The smallest absolute Gasteiger partial charge is 0.309 e. The summed E-state index contributed by atoms with van der Waals surface area (Å²) in [5.41, 5.74) is 1.06. The number of aliphatic hydroxyl groups is 1. The van der Waals surface area contributed by atoms with Crippen molar-refractivity contribution in [1.29, 1.82) is 0 Å². The van der Waals surface area contributed by atoms with Crippen molar-refractivity contribution in [2.75, 3.05) is 20.2 Å². The number of ether oxygens (including phenoxy) is 3. The Hall–Kier alpha value is -2.78. The normalized spacial score (nSPS) is 27.5. The number of benzene rings is 1. The first-order valence-electron chi connectivity index (χ1n) is 14.0. The van der Waals surface area contributed by atoms with Gasteiger partial charge >= 0.3 is 11.9 Å². The van der Waals surface area contributed by atoms with Gasteiger partial charge in [-0.1, -0.05) is 44.2 Å². The summed E-state index contributed by atoms with van der Waals surface area (Å²) in [6.07, 6.45) is 0.370. The summed E-state index contributed by atoms with van der Waals surface area (Å²) in [5.74, 6) is -1.46. The number of β-amino-alcohol motifs (C(OH)–C–C–N with tert-alkyl or cyclic N) is 1. The number of aryl methyl sites for hydroxylation is 1. The van der Waals surface area contributed by atoms with Crippen molar-refractivity contribution < 1.29 is 38.5 Å². The molecule has 9 heteroatoms. The molecule has 6 unspecified atom stereocenters. The lowest BCUT2D eigenvalue weighted by atomic mass is 9.85. The average molecular weight is 548 g/mol. The maximum Gasteiger partial charge on any atom is 0.309 e. The molecule has 218 valence electrons. The molecule has 0 saturated carbocycles. The number of nitrogens with zero attached hydrogens (tertiary/aromatic N) is 1. The first-order chi connectivity index (χ1) is 18.7. The van der Waals surface area contributed by atoms with Crippen molar-refractivity contribution >= 4 is 24.1 Å². The number of aliphatic hydroxyl groups excluding tert-OH is 1. The van der Waals surface area contributed by atoms with E-state index >= 15 is 0 Å². The number of methoxy groups -OCH3 is 1. The van der Waals surface area contributed by atoms with E-state index in [0.29, 0.717) is 38.6 Å². The molecule has 1 heterocycles. The summed E-state index contributed by atoms with van der Waals surface area (Å²) in [6, 6.07) is 9.75. The summed E-state index contributed by atoms with van der Waals surface area (Å²) >= 11 is 0. The molecule has 0 aromatic heterocycles. The molecule has 39 heavy (non-hydrogen) atoms. The van der Waals surface area contributed by atoms with Crippen LogP contribution in [0.25, 0.3) is 0 Å². The molecule has 0 bridgehead atoms. The van der Waals surface area contributed by atoms with Gasteiger partial charge in [0.05, 0.1) is 18.6 Å². The highest BCUT2D eigenvalue weighted by atomic mass is 16.6. The molecule has 1 aliphatic rings. The van der Waals surface area contributed by atoms with Crippen LogP contribution in [0.4, 0.5) is 0 Å². The van der Waals surface area contributed by atoms with E-state index in [2.05, 4.69) is 0 Å². The van der Waals surface area contributed by atoms with Crippen LogP contribution in [0.1, 0.15) is 71.3 Å². The Kier molecular flexibility index (Phi) is 14.2. The van der Waals surface area contributed by atoms with Gasteiger partial charge in [-0.25, -0.2) is 0 Å². The Morgan fingerprint density at radius 2 is 1.87 bits per heavy atom. The molecule has 1 aromatic carbocycles. The zero-order chi connectivity index (χ0) is 28.8. The summed E-state index contributed by atoms with van der Waals surface area (Å²) in [7, 11) is 1.48. The number of rotatable bonds is 8. The van der Waals surface area contributed by atoms with E-state index in [0.717, 1.165) is 11.8 Å². The van der Waals surface area contributed by atoms with Gasteiger partial charge in [-0.15, -0.1) is 0 Å². The second-order valence-corrected chi connectivity index (χ2v) is 10.6. The maximum atomic E-state index is 13.2. The Morgan fingerprint density at radius 1 is 1.15 bits per heavy atom. The lowest BCUT2D eigenvalue weighted by molar-refractivity contribution is -0.165. The van der Waals surface area contributed by atoms with Crippen LogP contribution in [0, 0.1) is 11.8 Å². The van der Waals surface area contributed by atoms with Gasteiger partial charge in [0.15, 0.2) is 0 Å². The fourth-order valence-corrected chi connectivity index (χ4v) is 4.95. The van der Waals surface area contributed by atoms with Crippen molar-refractivity contribution in [2.24, 2.45) is 11.8 Å². The molecule has 1 saturated heterocycles.